The van der Waals surface area contributed by atoms with Gasteiger partial charge in [-0.05, 0) is 54.4 Å². The number of hydrogen-bond acceptors (Lipinski definition) is 3. The predicted octanol–water partition coefficient (Wildman–Crippen LogP) is 5.05. The molecule has 0 unspecified atom stereocenters. The molecule has 1 aromatic carbocycles. The molecule has 0 fully saturated rings. The van der Waals surface area contributed by atoms with E-state index in [2.05, 4.69) is 31.4 Å². The molecular formula is C19H19BrClF2N5O. The van der Waals surface area contributed by atoms with E-state index >= 15 is 0 Å². The first-order chi connectivity index (χ1) is 13.7. The minimum absolute atomic E-state index is 0.185. The molecule has 6 nitrogen and oxygen atoms in total. The predicted molar refractivity (Wildman–Crippen MR) is 111 cm³/mol. The summed E-state index contributed by atoms with van der Waals surface area (Å²) in [5.74, 6) is -0.377. The highest BCUT2D eigenvalue weighted by molar-refractivity contribution is 9.10. The van der Waals surface area contributed by atoms with E-state index in [-0.39, 0.29) is 22.6 Å². The minimum atomic E-state index is -2.72. The van der Waals surface area contributed by atoms with Gasteiger partial charge in [-0.1, -0.05) is 23.7 Å². The molecule has 0 atom stereocenters. The van der Waals surface area contributed by atoms with Gasteiger partial charge in [0, 0.05) is 5.02 Å². The molecule has 154 valence electrons. The van der Waals surface area contributed by atoms with Crippen LogP contribution >= 0.6 is 27.5 Å². The number of anilines is 1. The molecule has 0 radical (unpaired) electrons. The normalized spacial score (nSPS) is 11.3. The fourth-order valence-corrected chi connectivity index (χ4v) is 3.67. The van der Waals surface area contributed by atoms with E-state index in [1.54, 1.807) is 24.6 Å². The van der Waals surface area contributed by atoms with Crippen molar-refractivity contribution in [2.45, 2.75) is 40.3 Å². The maximum absolute atomic E-state index is 13.0. The molecule has 0 aliphatic heterocycles. The lowest BCUT2D eigenvalue weighted by atomic mass is 10.2. The second-order valence-electron chi connectivity index (χ2n) is 6.62. The molecule has 2 aromatic heterocycles. The van der Waals surface area contributed by atoms with Crippen LogP contribution in [0.1, 0.15) is 34.8 Å². The van der Waals surface area contributed by atoms with Crippen LogP contribution in [0.4, 0.5) is 14.5 Å². The Morgan fingerprint density at radius 2 is 1.93 bits per heavy atom. The maximum atomic E-state index is 13.0. The third-order valence-electron chi connectivity index (χ3n) is 4.53. The summed E-state index contributed by atoms with van der Waals surface area (Å²) in [4.78, 5) is 12.5. The van der Waals surface area contributed by atoms with Crippen LogP contribution in [0, 0.1) is 20.8 Å². The van der Waals surface area contributed by atoms with E-state index in [0.717, 1.165) is 11.3 Å². The molecule has 1 amide bonds. The van der Waals surface area contributed by atoms with Gasteiger partial charge in [-0.25, -0.2) is 8.78 Å². The molecule has 0 saturated carbocycles. The van der Waals surface area contributed by atoms with Gasteiger partial charge in [0.15, 0.2) is 0 Å². The van der Waals surface area contributed by atoms with Gasteiger partial charge in [-0.2, -0.15) is 10.2 Å². The number of hydrogen-bond donors (Lipinski definition) is 1. The Morgan fingerprint density at radius 1 is 1.21 bits per heavy atom. The molecule has 10 heteroatoms. The number of benzene rings is 1. The van der Waals surface area contributed by atoms with Gasteiger partial charge in [-0.15, -0.1) is 0 Å². The Labute approximate surface area is 180 Å². The lowest BCUT2D eigenvalue weighted by Crippen LogP contribution is -2.21. The first-order valence-corrected chi connectivity index (χ1v) is 9.93. The second kappa shape index (κ2) is 8.62. The molecule has 0 aliphatic rings. The van der Waals surface area contributed by atoms with Crippen LogP contribution in [0.15, 0.2) is 28.7 Å². The number of carbonyl (C=O) groups excluding carboxylic acids is 1. The smallest absolute Gasteiger partial charge is 0.283 e. The molecule has 29 heavy (non-hydrogen) atoms. The van der Waals surface area contributed by atoms with Gasteiger partial charge in [0.1, 0.15) is 12.2 Å². The molecule has 2 heterocycles. The summed E-state index contributed by atoms with van der Waals surface area (Å²) in [5.41, 5.74) is 3.09. The number of aromatic nitrogens is 4. The number of nitrogens with zero attached hydrogens (tertiary/aromatic N) is 4. The van der Waals surface area contributed by atoms with Crippen molar-refractivity contribution in [2.75, 3.05) is 5.32 Å². The Hall–Kier alpha value is -2.26. The standard InChI is InChI=1S/C19H19BrClF2N5O/c1-10-17(12(3)27(25-10)8-13-5-4-6-14(21)7-13)24-15(29)9-28-11(2)16(20)18(26-28)19(22)23/h4-7,19H,8-9H2,1-3H3,(H,24,29). The molecule has 0 spiro atoms. The Balaban J connectivity index is 1.76. The fourth-order valence-electron chi connectivity index (χ4n) is 3.00. The zero-order chi connectivity index (χ0) is 21.3. The van der Waals surface area contributed by atoms with Crippen molar-refractivity contribution in [2.24, 2.45) is 0 Å². The van der Waals surface area contributed by atoms with Crippen LogP contribution in [0.25, 0.3) is 0 Å². The van der Waals surface area contributed by atoms with Gasteiger partial charge in [0.05, 0.1) is 33.8 Å². The summed E-state index contributed by atoms with van der Waals surface area (Å²) >= 11 is 9.14. The third kappa shape index (κ3) is 4.67. The SMILES string of the molecule is Cc1nn(Cc2cccc(Cl)c2)c(C)c1NC(=O)Cn1nc(C(F)F)c(Br)c1C. The van der Waals surface area contributed by atoms with Gasteiger partial charge in [0.2, 0.25) is 5.91 Å². The van der Waals surface area contributed by atoms with Crippen molar-refractivity contribution in [1.29, 1.82) is 0 Å². The van der Waals surface area contributed by atoms with Crippen LogP contribution in [0.2, 0.25) is 5.02 Å². The number of aryl methyl sites for hydroxylation is 1. The van der Waals surface area contributed by atoms with E-state index in [4.69, 9.17) is 11.6 Å². The molecule has 0 aliphatic carbocycles. The summed E-state index contributed by atoms with van der Waals surface area (Å²) in [7, 11) is 0. The van der Waals surface area contributed by atoms with E-state index in [0.29, 0.717) is 28.6 Å². The van der Waals surface area contributed by atoms with Crippen LogP contribution < -0.4 is 5.32 Å². The zero-order valence-corrected chi connectivity index (χ0v) is 18.4. The first kappa shape index (κ1) is 21.4. The highest BCUT2D eigenvalue weighted by Gasteiger charge is 2.22. The second-order valence-corrected chi connectivity index (χ2v) is 7.85. The van der Waals surface area contributed by atoms with Crippen molar-refractivity contribution in [3.63, 3.8) is 0 Å². The quantitative estimate of drug-likeness (QED) is 0.530. The summed E-state index contributed by atoms with van der Waals surface area (Å²) in [6, 6.07) is 7.46. The number of nitrogens with one attached hydrogen (secondary N) is 1. The van der Waals surface area contributed by atoms with Crippen molar-refractivity contribution < 1.29 is 13.6 Å². The lowest BCUT2D eigenvalue weighted by molar-refractivity contribution is -0.117. The fraction of sp³-hybridized carbons (Fsp3) is 0.316. The average Bonchev–Trinajstić information content (AvgIpc) is 3.07. The monoisotopic (exact) mass is 485 g/mol. The van der Waals surface area contributed by atoms with E-state index in [1.165, 1.54) is 4.68 Å². The molecule has 1 N–H and O–H groups in total. The van der Waals surface area contributed by atoms with Crippen molar-refractivity contribution in [3.05, 3.63) is 62.1 Å². The van der Waals surface area contributed by atoms with E-state index in [1.807, 2.05) is 25.1 Å². The third-order valence-corrected chi connectivity index (χ3v) is 5.74. The summed E-state index contributed by atoms with van der Waals surface area (Å²) < 4.78 is 29.2. The molecule has 3 aromatic rings. The van der Waals surface area contributed by atoms with Gasteiger partial charge in [0.25, 0.3) is 6.43 Å². The minimum Gasteiger partial charge on any atom is -0.321 e. The highest BCUT2D eigenvalue weighted by Crippen LogP contribution is 2.29. The molecule has 0 bridgehead atoms. The van der Waals surface area contributed by atoms with Crippen molar-refractivity contribution >= 4 is 39.1 Å². The summed E-state index contributed by atoms with van der Waals surface area (Å²) in [6.45, 7) is 5.59. The lowest BCUT2D eigenvalue weighted by Gasteiger charge is -2.08. The van der Waals surface area contributed by atoms with Crippen LogP contribution in [0.5, 0.6) is 0 Å². The molecule has 0 saturated heterocycles. The topological polar surface area (TPSA) is 64.7 Å². The number of rotatable bonds is 6. The molecule has 3 rings (SSSR count). The number of alkyl halides is 2. The average molecular weight is 487 g/mol. The van der Waals surface area contributed by atoms with Crippen LogP contribution in [0.3, 0.4) is 0 Å². The highest BCUT2D eigenvalue weighted by atomic mass is 79.9. The maximum Gasteiger partial charge on any atom is 0.283 e. The molecular weight excluding hydrogens is 468 g/mol. The number of halogens is 4. The van der Waals surface area contributed by atoms with Gasteiger partial charge in [-0.3, -0.25) is 14.2 Å². The zero-order valence-electron chi connectivity index (χ0n) is 16.0. The first-order valence-electron chi connectivity index (χ1n) is 8.76. The van der Waals surface area contributed by atoms with E-state index in [9.17, 15) is 13.6 Å². The van der Waals surface area contributed by atoms with Crippen LogP contribution in [-0.4, -0.2) is 25.5 Å². The van der Waals surface area contributed by atoms with Crippen molar-refractivity contribution in [1.82, 2.24) is 19.6 Å². The number of amides is 1. The van der Waals surface area contributed by atoms with Gasteiger partial charge >= 0.3 is 0 Å². The van der Waals surface area contributed by atoms with E-state index < -0.39 is 6.43 Å². The Kier molecular flexibility index (Phi) is 6.38. The number of carbonyl (C=O) groups is 1. The van der Waals surface area contributed by atoms with Gasteiger partial charge < -0.3 is 5.32 Å². The summed E-state index contributed by atoms with van der Waals surface area (Å²) in [5, 5.41) is 11.8. The summed E-state index contributed by atoms with van der Waals surface area (Å²) in [6.07, 6.45) is -2.72. The Morgan fingerprint density at radius 3 is 2.55 bits per heavy atom. The Bertz CT molecular complexity index is 1060. The van der Waals surface area contributed by atoms with Crippen LogP contribution in [-0.2, 0) is 17.9 Å². The largest absolute Gasteiger partial charge is 0.321 e. The van der Waals surface area contributed by atoms with Crippen molar-refractivity contribution in [3.8, 4) is 0 Å².